The molecule has 1 atom stereocenters. The van der Waals surface area contributed by atoms with E-state index in [1.807, 2.05) is 30.3 Å². The highest BCUT2D eigenvalue weighted by atomic mass is 16.6. The molecule has 9 heteroatoms. The van der Waals surface area contributed by atoms with Crippen molar-refractivity contribution >= 4 is 29.6 Å². The fourth-order valence-corrected chi connectivity index (χ4v) is 3.58. The maximum Gasteiger partial charge on any atom is 0.306 e. The van der Waals surface area contributed by atoms with E-state index < -0.39 is 47.8 Å². The Kier molecular flexibility index (Phi) is 11.2. The fraction of sp³-hybridized carbons (Fsp3) is 0.414. The van der Waals surface area contributed by atoms with Crippen LogP contribution in [-0.4, -0.2) is 52.7 Å². The van der Waals surface area contributed by atoms with Gasteiger partial charge in [-0.15, -0.1) is 0 Å². The number of carbonyl (C=O) groups is 5. The molecule has 0 bridgehead atoms. The minimum Gasteiger partial charge on any atom is -0.460 e. The average Bonchev–Trinajstić information content (AvgIpc) is 2.85. The van der Waals surface area contributed by atoms with Crippen LogP contribution in [0.5, 0.6) is 0 Å². The van der Waals surface area contributed by atoms with Crippen molar-refractivity contribution in [3.8, 4) is 0 Å². The minimum atomic E-state index is -0.901. The largest absolute Gasteiger partial charge is 0.460 e. The molecule has 4 amide bonds. The third kappa shape index (κ3) is 10.5. The predicted molar refractivity (Wildman–Crippen MR) is 143 cm³/mol. The molecule has 0 radical (unpaired) electrons. The van der Waals surface area contributed by atoms with Gasteiger partial charge in [-0.3, -0.25) is 29.3 Å². The van der Waals surface area contributed by atoms with Crippen LogP contribution in [0.25, 0.3) is 0 Å². The molecule has 0 saturated heterocycles. The lowest BCUT2D eigenvalue weighted by Crippen LogP contribution is -2.53. The first-order valence-corrected chi connectivity index (χ1v) is 12.6. The normalized spacial score (nSPS) is 11.8. The molecule has 204 valence electrons. The second kappa shape index (κ2) is 14.1. The lowest BCUT2D eigenvalue weighted by molar-refractivity contribution is -0.156. The van der Waals surface area contributed by atoms with Crippen molar-refractivity contribution < 1.29 is 28.7 Å². The van der Waals surface area contributed by atoms with Gasteiger partial charge in [0.1, 0.15) is 18.2 Å². The van der Waals surface area contributed by atoms with E-state index in [1.54, 1.807) is 65.0 Å². The van der Waals surface area contributed by atoms with Gasteiger partial charge in [-0.25, -0.2) is 0 Å². The molecule has 38 heavy (non-hydrogen) atoms. The fourth-order valence-electron chi connectivity index (χ4n) is 3.58. The van der Waals surface area contributed by atoms with E-state index in [0.717, 1.165) is 5.56 Å². The second-order valence-electron chi connectivity index (χ2n) is 10.3. The first kappa shape index (κ1) is 30.2. The number of esters is 1. The van der Waals surface area contributed by atoms with Gasteiger partial charge < -0.3 is 15.0 Å². The zero-order chi connectivity index (χ0) is 28.3. The lowest BCUT2D eigenvalue weighted by atomic mass is 10.0. The Morgan fingerprint density at radius 1 is 0.842 bits per heavy atom. The van der Waals surface area contributed by atoms with E-state index in [9.17, 15) is 24.0 Å². The molecular weight excluding hydrogens is 486 g/mol. The summed E-state index contributed by atoms with van der Waals surface area (Å²) in [6.07, 6.45) is -0.404. The summed E-state index contributed by atoms with van der Waals surface area (Å²) in [6, 6.07) is 16.7. The maximum atomic E-state index is 13.6. The van der Waals surface area contributed by atoms with Crippen LogP contribution in [0.2, 0.25) is 0 Å². The van der Waals surface area contributed by atoms with Crippen molar-refractivity contribution in [1.29, 1.82) is 0 Å². The van der Waals surface area contributed by atoms with E-state index in [4.69, 9.17) is 4.74 Å². The summed E-state index contributed by atoms with van der Waals surface area (Å²) in [7, 11) is 0. The van der Waals surface area contributed by atoms with Crippen LogP contribution in [0, 0.1) is 5.92 Å². The molecule has 0 spiro atoms. The summed E-state index contributed by atoms with van der Waals surface area (Å²) >= 11 is 0. The molecule has 0 saturated carbocycles. The highest BCUT2D eigenvalue weighted by Gasteiger charge is 2.30. The van der Waals surface area contributed by atoms with E-state index in [2.05, 4.69) is 10.6 Å². The topological polar surface area (TPSA) is 122 Å². The molecule has 0 aliphatic heterocycles. The van der Waals surface area contributed by atoms with E-state index >= 15 is 0 Å². The first-order chi connectivity index (χ1) is 17.9. The minimum absolute atomic E-state index is 0.101. The number of hydrogen-bond donors (Lipinski definition) is 2. The smallest absolute Gasteiger partial charge is 0.306 e. The van der Waals surface area contributed by atoms with Crippen molar-refractivity contribution in [2.75, 3.05) is 6.54 Å². The predicted octanol–water partition coefficient (Wildman–Crippen LogP) is 3.23. The van der Waals surface area contributed by atoms with Crippen molar-refractivity contribution in [2.45, 2.75) is 65.6 Å². The number of rotatable bonds is 11. The Morgan fingerprint density at radius 3 is 1.97 bits per heavy atom. The molecule has 9 nitrogen and oxygen atoms in total. The number of nitrogens with one attached hydrogen (secondary N) is 2. The Hall–Kier alpha value is -4.01. The summed E-state index contributed by atoms with van der Waals surface area (Å²) < 4.78 is 5.18. The van der Waals surface area contributed by atoms with Crippen LogP contribution in [-0.2, 0) is 30.5 Å². The van der Waals surface area contributed by atoms with Gasteiger partial charge in [0.2, 0.25) is 17.7 Å². The van der Waals surface area contributed by atoms with Gasteiger partial charge in [-0.05, 0) is 44.4 Å². The molecular formula is C29H37N3O6. The molecule has 1 unspecified atom stereocenters. The molecule has 0 aliphatic rings. The molecule has 0 heterocycles. The Bertz CT molecular complexity index is 1110. The molecule has 0 fully saturated rings. The van der Waals surface area contributed by atoms with Crippen molar-refractivity contribution in [1.82, 2.24) is 15.5 Å². The standard InChI is InChI=1S/C29H37N3O6/c1-20(2)26(31-27(36)22-14-10-7-11-15-22)28(37)32(18-21-12-8-6-9-13-21)19-24(34)30-23(33)16-17-25(35)38-29(3,4)5/h6-15,20,26H,16-19H2,1-5H3,(H,31,36)(H,30,33,34). The molecule has 2 N–H and O–H groups in total. The van der Waals surface area contributed by atoms with Gasteiger partial charge in [-0.1, -0.05) is 62.4 Å². The monoisotopic (exact) mass is 523 g/mol. The highest BCUT2D eigenvalue weighted by molar-refractivity contribution is 6.00. The van der Waals surface area contributed by atoms with Crippen LogP contribution in [0.3, 0.4) is 0 Å². The van der Waals surface area contributed by atoms with Gasteiger partial charge in [0.05, 0.1) is 6.42 Å². The Labute approximate surface area is 223 Å². The summed E-state index contributed by atoms with van der Waals surface area (Å²) in [5.74, 6) is -3.02. The second-order valence-corrected chi connectivity index (χ2v) is 10.3. The number of hydrogen-bond acceptors (Lipinski definition) is 6. The third-order valence-electron chi connectivity index (χ3n) is 5.37. The van der Waals surface area contributed by atoms with E-state index in [1.165, 1.54) is 4.90 Å². The van der Waals surface area contributed by atoms with Gasteiger partial charge in [0, 0.05) is 18.5 Å². The molecule has 0 aromatic heterocycles. The van der Waals surface area contributed by atoms with Crippen LogP contribution in [0.1, 0.15) is 63.4 Å². The summed E-state index contributed by atoms with van der Waals surface area (Å²) in [6.45, 7) is 8.46. The molecule has 2 aromatic carbocycles. The summed E-state index contributed by atoms with van der Waals surface area (Å²) in [5, 5.41) is 5.02. The van der Waals surface area contributed by atoms with Gasteiger partial charge in [0.15, 0.2) is 0 Å². The van der Waals surface area contributed by atoms with Crippen molar-refractivity contribution in [2.24, 2.45) is 5.92 Å². The summed E-state index contributed by atoms with van der Waals surface area (Å²) in [4.78, 5) is 64.6. The average molecular weight is 524 g/mol. The van der Waals surface area contributed by atoms with Crippen LogP contribution in [0.15, 0.2) is 60.7 Å². The SMILES string of the molecule is CC(C)C(NC(=O)c1ccccc1)C(=O)N(CC(=O)NC(=O)CCC(=O)OC(C)(C)C)Cc1ccccc1. The van der Waals surface area contributed by atoms with Crippen LogP contribution < -0.4 is 10.6 Å². The molecule has 2 aromatic rings. The first-order valence-electron chi connectivity index (χ1n) is 12.6. The van der Waals surface area contributed by atoms with Crippen molar-refractivity contribution in [3.63, 3.8) is 0 Å². The van der Waals surface area contributed by atoms with Gasteiger partial charge >= 0.3 is 5.97 Å². The van der Waals surface area contributed by atoms with E-state index in [0.29, 0.717) is 5.56 Å². The number of benzene rings is 2. The number of nitrogens with zero attached hydrogens (tertiary/aromatic N) is 1. The zero-order valence-corrected chi connectivity index (χ0v) is 22.7. The van der Waals surface area contributed by atoms with Crippen molar-refractivity contribution in [3.05, 3.63) is 71.8 Å². The molecule has 2 rings (SSSR count). The Morgan fingerprint density at radius 2 is 1.42 bits per heavy atom. The third-order valence-corrected chi connectivity index (χ3v) is 5.37. The van der Waals surface area contributed by atoms with Gasteiger partial charge in [-0.2, -0.15) is 0 Å². The number of carbonyl (C=O) groups excluding carboxylic acids is 5. The van der Waals surface area contributed by atoms with Crippen LogP contribution >= 0.6 is 0 Å². The highest BCUT2D eigenvalue weighted by Crippen LogP contribution is 2.13. The van der Waals surface area contributed by atoms with Gasteiger partial charge in [0.25, 0.3) is 5.91 Å². The van der Waals surface area contributed by atoms with E-state index in [-0.39, 0.29) is 25.3 Å². The number of ether oxygens (including phenoxy) is 1. The zero-order valence-electron chi connectivity index (χ0n) is 22.7. The summed E-state index contributed by atoms with van der Waals surface area (Å²) in [5.41, 5.74) is 0.514. The van der Waals surface area contributed by atoms with Crippen LogP contribution in [0.4, 0.5) is 0 Å². The lowest BCUT2D eigenvalue weighted by Gasteiger charge is -2.29. The molecule has 0 aliphatic carbocycles. The number of imide groups is 1. The number of amides is 4. The quantitative estimate of drug-likeness (QED) is 0.436. The maximum absolute atomic E-state index is 13.6. The Balaban J connectivity index is 2.11.